The van der Waals surface area contributed by atoms with Gasteiger partial charge in [-0.3, -0.25) is 4.90 Å². The van der Waals surface area contributed by atoms with E-state index < -0.39 is 5.60 Å². The number of carbonyl (C=O) groups is 1. The van der Waals surface area contributed by atoms with Crippen molar-refractivity contribution in [3.8, 4) is 11.6 Å². The second-order valence-electron chi connectivity index (χ2n) is 8.54. The lowest BCUT2D eigenvalue weighted by atomic mass is 9.84. The first-order valence-corrected chi connectivity index (χ1v) is 11.2. The summed E-state index contributed by atoms with van der Waals surface area (Å²) in [6, 6.07) is 19.2. The number of methoxy groups -OCH3 is 1. The van der Waals surface area contributed by atoms with E-state index in [-0.39, 0.29) is 6.04 Å². The SMILES string of the molecule is COc1ccc(C2(O)CCN(C(C=O)c3ccc(OCc4ccccc4)c(C)c3)CC2)cn1. The molecule has 0 aliphatic carbocycles. The monoisotopic (exact) mass is 446 g/mol. The first kappa shape index (κ1) is 23.0. The summed E-state index contributed by atoms with van der Waals surface area (Å²) >= 11 is 0. The maximum Gasteiger partial charge on any atom is 0.212 e. The van der Waals surface area contributed by atoms with Gasteiger partial charge in [-0.05, 0) is 48.6 Å². The number of nitrogens with zero attached hydrogens (tertiary/aromatic N) is 2. The van der Waals surface area contributed by atoms with Gasteiger partial charge in [0.2, 0.25) is 5.88 Å². The molecule has 4 rings (SSSR count). The average Bonchev–Trinajstić information content (AvgIpc) is 2.86. The van der Waals surface area contributed by atoms with Gasteiger partial charge in [0.15, 0.2) is 0 Å². The number of ether oxygens (including phenoxy) is 2. The molecule has 6 heteroatoms. The highest BCUT2D eigenvalue weighted by Crippen LogP contribution is 2.36. The minimum Gasteiger partial charge on any atom is -0.489 e. The van der Waals surface area contributed by atoms with Gasteiger partial charge in [-0.15, -0.1) is 0 Å². The predicted octanol–water partition coefficient (Wildman–Crippen LogP) is 4.20. The van der Waals surface area contributed by atoms with Crippen molar-refractivity contribution in [1.82, 2.24) is 9.88 Å². The minimum atomic E-state index is -0.950. The van der Waals surface area contributed by atoms with Crippen LogP contribution in [0.25, 0.3) is 0 Å². The molecule has 0 spiro atoms. The number of likely N-dealkylation sites (tertiary alicyclic amines) is 1. The first-order chi connectivity index (χ1) is 16.0. The number of benzene rings is 2. The van der Waals surface area contributed by atoms with Crippen LogP contribution in [0.3, 0.4) is 0 Å². The third kappa shape index (κ3) is 5.24. The van der Waals surface area contributed by atoms with Gasteiger partial charge < -0.3 is 19.4 Å². The molecule has 1 atom stereocenters. The van der Waals surface area contributed by atoms with E-state index in [1.54, 1.807) is 19.4 Å². The Bertz CT molecular complexity index is 1060. The normalized spacial score (nSPS) is 16.7. The van der Waals surface area contributed by atoms with Crippen molar-refractivity contribution < 1.29 is 19.4 Å². The molecule has 1 aliphatic heterocycles. The summed E-state index contributed by atoms with van der Waals surface area (Å²) in [4.78, 5) is 18.4. The molecule has 1 aliphatic rings. The van der Waals surface area contributed by atoms with E-state index in [1.807, 2.05) is 61.5 Å². The van der Waals surface area contributed by atoms with E-state index in [0.717, 1.165) is 34.3 Å². The lowest BCUT2D eigenvalue weighted by Gasteiger charge is -2.40. The number of aliphatic hydroxyl groups is 1. The van der Waals surface area contributed by atoms with E-state index in [0.29, 0.717) is 38.4 Å². The number of piperidine rings is 1. The number of aldehydes is 1. The van der Waals surface area contributed by atoms with E-state index in [4.69, 9.17) is 9.47 Å². The largest absolute Gasteiger partial charge is 0.489 e. The summed E-state index contributed by atoms with van der Waals surface area (Å²) < 4.78 is 11.1. The van der Waals surface area contributed by atoms with E-state index in [2.05, 4.69) is 9.88 Å². The number of carbonyl (C=O) groups excluding carboxylic acids is 1. The van der Waals surface area contributed by atoms with Crippen LogP contribution in [0.2, 0.25) is 0 Å². The fourth-order valence-corrected chi connectivity index (χ4v) is 4.37. The van der Waals surface area contributed by atoms with E-state index in [9.17, 15) is 9.90 Å². The zero-order valence-electron chi connectivity index (χ0n) is 19.1. The molecule has 33 heavy (non-hydrogen) atoms. The van der Waals surface area contributed by atoms with Crippen LogP contribution in [-0.4, -0.2) is 41.5 Å². The van der Waals surface area contributed by atoms with Gasteiger partial charge in [-0.25, -0.2) is 4.98 Å². The summed E-state index contributed by atoms with van der Waals surface area (Å²) in [6.45, 7) is 3.72. The van der Waals surface area contributed by atoms with Gasteiger partial charge in [0.25, 0.3) is 0 Å². The fourth-order valence-electron chi connectivity index (χ4n) is 4.37. The van der Waals surface area contributed by atoms with E-state index in [1.165, 1.54) is 0 Å². The highest BCUT2D eigenvalue weighted by Gasteiger charge is 2.36. The molecule has 0 radical (unpaired) electrons. The van der Waals surface area contributed by atoms with Crippen molar-refractivity contribution in [1.29, 1.82) is 0 Å². The number of aromatic nitrogens is 1. The molecule has 1 saturated heterocycles. The topological polar surface area (TPSA) is 71.9 Å². The summed E-state index contributed by atoms with van der Waals surface area (Å²) in [6.07, 6.45) is 3.72. The highest BCUT2D eigenvalue weighted by atomic mass is 16.5. The van der Waals surface area contributed by atoms with Gasteiger partial charge in [0, 0.05) is 30.9 Å². The molecule has 2 aromatic carbocycles. The Morgan fingerprint density at radius 1 is 1.12 bits per heavy atom. The smallest absolute Gasteiger partial charge is 0.212 e. The molecular formula is C27H30N2O4. The Labute approximate surface area is 194 Å². The quantitative estimate of drug-likeness (QED) is 0.523. The lowest BCUT2D eigenvalue weighted by Crippen LogP contribution is -2.44. The molecule has 0 saturated carbocycles. The average molecular weight is 447 g/mol. The molecule has 2 heterocycles. The van der Waals surface area contributed by atoms with Crippen molar-refractivity contribution in [2.24, 2.45) is 0 Å². The van der Waals surface area contributed by atoms with Crippen LogP contribution < -0.4 is 9.47 Å². The van der Waals surface area contributed by atoms with Gasteiger partial charge >= 0.3 is 0 Å². The third-order valence-electron chi connectivity index (χ3n) is 6.41. The zero-order chi connectivity index (χ0) is 23.3. The van der Waals surface area contributed by atoms with Crippen molar-refractivity contribution in [2.75, 3.05) is 20.2 Å². The highest BCUT2D eigenvalue weighted by molar-refractivity contribution is 5.62. The standard InChI is InChI=1S/C27H30N2O4/c1-20-16-22(8-10-25(20)33-19-21-6-4-3-5-7-21)24(18-30)29-14-12-27(31,13-15-29)23-9-11-26(32-2)28-17-23/h3-11,16-18,24,31H,12-15,19H2,1-2H3. The van der Waals surface area contributed by atoms with Crippen molar-refractivity contribution in [3.05, 3.63) is 89.1 Å². The summed E-state index contributed by atoms with van der Waals surface area (Å²) in [7, 11) is 1.57. The first-order valence-electron chi connectivity index (χ1n) is 11.2. The second kappa shape index (κ2) is 10.1. The maximum atomic E-state index is 12.1. The summed E-state index contributed by atoms with van der Waals surface area (Å²) in [5.41, 5.74) is 2.87. The molecule has 1 N–H and O–H groups in total. The molecule has 1 aromatic heterocycles. The van der Waals surface area contributed by atoms with Crippen LogP contribution in [0, 0.1) is 6.92 Å². The van der Waals surface area contributed by atoms with E-state index >= 15 is 0 Å². The fraction of sp³-hybridized carbons (Fsp3) is 0.333. The maximum absolute atomic E-state index is 12.1. The number of hydrogen-bond donors (Lipinski definition) is 1. The molecule has 1 fully saturated rings. The Balaban J connectivity index is 1.41. The van der Waals surface area contributed by atoms with Gasteiger partial charge in [0.05, 0.1) is 18.8 Å². The zero-order valence-corrected chi connectivity index (χ0v) is 19.1. The number of hydrogen-bond acceptors (Lipinski definition) is 6. The molecule has 0 amide bonds. The van der Waals surface area contributed by atoms with Gasteiger partial charge in [0.1, 0.15) is 18.6 Å². The Hall–Kier alpha value is -3.22. The number of pyridine rings is 1. The van der Waals surface area contributed by atoms with Crippen molar-refractivity contribution >= 4 is 6.29 Å². The number of aryl methyl sites for hydroxylation is 1. The lowest BCUT2D eigenvalue weighted by molar-refractivity contribution is -0.115. The molecule has 1 unspecified atom stereocenters. The van der Waals surface area contributed by atoms with Gasteiger partial charge in [-0.1, -0.05) is 42.5 Å². The molecular weight excluding hydrogens is 416 g/mol. The third-order valence-corrected chi connectivity index (χ3v) is 6.41. The van der Waals surface area contributed by atoms with Crippen LogP contribution in [0.15, 0.2) is 66.9 Å². The summed E-state index contributed by atoms with van der Waals surface area (Å²) in [5.74, 6) is 1.33. The van der Waals surface area contributed by atoms with Crippen molar-refractivity contribution in [2.45, 2.75) is 38.0 Å². The van der Waals surface area contributed by atoms with Crippen LogP contribution in [-0.2, 0) is 17.0 Å². The molecule has 0 bridgehead atoms. The molecule has 172 valence electrons. The van der Waals surface area contributed by atoms with Crippen LogP contribution in [0.1, 0.15) is 41.1 Å². The number of rotatable bonds is 8. The van der Waals surface area contributed by atoms with Crippen LogP contribution in [0.5, 0.6) is 11.6 Å². The van der Waals surface area contributed by atoms with Crippen LogP contribution in [0.4, 0.5) is 0 Å². The van der Waals surface area contributed by atoms with Gasteiger partial charge in [-0.2, -0.15) is 0 Å². The Kier molecular flexibility index (Phi) is 7.06. The van der Waals surface area contributed by atoms with Crippen molar-refractivity contribution in [3.63, 3.8) is 0 Å². The molecule has 3 aromatic rings. The minimum absolute atomic E-state index is 0.356. The Morgan fingerprint density at radius 2 is 1.88 bits per heavy atom. The Morgan fingerprint density at radius 3 is 2.48 bits per heavy atom. The summed E-state index contributed by atoms with van der Waals surface area (Å²) in [5, 5.41) is 11.2. The predicted molar refractivity (Wildman–Crippen MR) is 126 cm³/mol. The molecule has 6 nitrogen and oxygen atoms in total. The van der Waals surface area contributed by atoms with Crippen LogP contribution >= 0.6 is 0 Å². The second-order valence-corrected chi connectivity index (χ2v) is 8.54.